The van der Waals surface area contributed by atoms with Crippen LogP contribution < -0.4 is 10.5 Å². The van der Waals surface area contributed by atoms with Crippen LogP contribution in [-0.4, -0.2) is 43.7 Å². The molecule has 1 aromatic rings. The van der Waals surface area contributed by atoms with Gasteiger partial charge >= 0.3 is 0 Å². The summed E-state index contributed by atoms with van der Waals surface area (Å²) < 4.78 is 10.6. The van der Waals surface area contributed by atoms with Gasteiger partial charge in [-0.25, -0.2) is 0 Å². The predicted octanol–water partition coefficient (Wildman–Crippen LogP) is 0.771. The van der Waals surface area contributed by atoms with E-state index < -0.39 is 0 Å². The average molecular weight is 264 g/mol. The van der Waals surface area contributed by atoms with Gasteiger partial charge < -0.3 is 20.1 Å². The lowest BCUT2D eigenvalue weighted by Gasteiger charge is -2.32. The first-order chi connectivity index (χ1) is 9.22. The van der Waals surface area contributed by atoms with Crippen molar-refractivity contribution in [1.82, 2.24) is 4.90 Å². The molecule has 0 bridgehead atoms. The molecule has 2 N–H and O–H groups in total. The van der Waals surface area contributed by atoms with Crippen molar-refractivity contribution >= 4 is 5.91 Å². The second-order valence-corrected chi connectivity index (χ2v) is 4.64. The lowest BCUT2D eigenvalue weighted by Crippen LogP contribution is -2.46. The largest absolute Gasteiger partial charge is 0.497 e. The molecule has 1 atom stereocenters. The van der Waals surface area contributed by atoms with Gasteiger partial charge in [0.1, 0.15) is 12.4 Å². The molecule has 1 aliphatic heterocycles. The number of amides is 1. The van der Waals surface area contributed by atoms with Crippen LogP contribution in [0.25, 0.3) is 0 Å². The van der Waals surface area contributed by atoms with Crippen LogP contribution in [0.4, 0.5) is 0 Å². The number of hydrogen-bond donors (Lipinski definition) is 1. The summed E-state index contributed by atoms with van der Waals surface area (Å²) in [6.07, 6.45) is 0.829. The SMILES string of the molecule is COc1cccc(CN2CC(CCN)OCC2=O)c1. The summed E-state index contributed by atoms with van der Waals surface area (Å²) in [5.41, 5.74) is 6.59. The highest BCUT2D eigenvalue weighted by atomic mass is 16.5. The van der Waals surface area contributed by atoms with E-state index in [2.05, 4.69) is 0 Å². The van der Waals surface area contributed by atoms with Gasteiger partial charge in [0.05, 0.1) is 13.2 Å². The topological polar surface area (TPSA) is 64.8 Å². The summed E-state index contributed by atoms with van der Waals surface area (Å²) in [5.74, 6) is 0.827. The van der Waals surface area contributed by atoms with Crippen molar-refractivity contribution in [3.05, 3.63) is 29.8 Å². The molecule has 1 amide bonds. The first-order valence-electron chi connectivity index (χ1n) is 6.45. The van der Waals surface area contributed by atoms with Gasteiger partial charge in [-0.2, -0.15) is 0 Å². The average Bonchev–Trinajstić information content (AvgIpc) is 2.43. The van der Waals surface area contributed by atoms with Crippen LogP contribution >= 0.6 is 0 Å². The third-order valence-electron chi connectivity index (χ3n) is 3.22. The van der Waals surface area contributed by atoms with E-state index in [4.69, 9.17) is 15.2 Å². The number of carbonyl (C=O) groups excluding carboxylic acids is 1. The minimum Gasteiger partial charge on any atom is -0.497 e. The number of nitrogens with zero attached hydrogens (tertiary/aromatic N) is 1. The zero-order valence-electron chi connectivity index (χ0n) is 11.2. The van der Waals surface area contributed by atoms with Gasteiger partial charge in [-0.05, 0) is 30.7 Å². The summed E-state index contributed by atoms with van der Waals surface area (Å²) in [5, 5.41) is 0. The lowest BCUT2D eigenvalue weighted by atomic mass is 10.1. The first kappa shape index (κ1) is 13.8. The van der Waals surface area contributed by atoms with E-state index in [1.54, 1.807) is 7.11 Å². The van der Waals surface area contributed by atoms with Gasteiger partial charge in [0.25, 0.3) is 0 Å². The van der Waals surface area contributed by atoms with Crippen LogP contribution in [0, 0.1) is 0 Å². The second-order valence-electron chi connectivity index (χ2n) is 4.64. The van der Waals surface area contributed by atoms with Gasteiger partial charge in [-0.3, -0.25) is 4.79 Å². The number of rotatable bonds is 5. The van der Waals surface area contributed by atoms with Crippen molar-refractivity contribution in [3.63, 3.8) is 0 Å². The number of benzene rings is 1. The van der Waals surface area contributed by atoms with Crippen LogP contribution in [0.3, 0.4) is 0 Å². The van der Waals surface area contributed by atoms with Crippen LogP contribution in [0.5, 0.6) is 5.75 Å². The van der Waals surface area contributed by atoms with Crippen LogP contribution in [0.2, 0.25) is 0 Å². The maximum absolute atomic E-state index is 11.8. The molecule has 1 aromatic carbocycles. The fourth-order valence-corrected chi connectivity index (χ4v) is 2.19. The molecule has 0 aromatic heterocycles. The number of nitrogens with two attached hydrogens (primary N) is 1. The summed E-state index contributed by atoms with van der Waals surface area (Å²) in [4.78, 5) is 13.7. The van der Waals surface area contributed by atoms with Crippen molar-refractivity contribution in [2.45, 2.75) is 19.1 Å². The van der Waals surface area contributed by atoms with Gasteiger partial charge in [0, 0.05) is 13.1 Å². The summed E-state index contributed by atoms with van der Waals surface area (Å²) in [6, 6.07) is 7.75. The highest BCUT2D eigenvalue weighted by molar-refractivity contribution is 5.78. The molecule has 0 spiro atoms. The van der Waals surface area contributed by atoms with Gasteiger partial charge in [-0.15, -0.1) is 0 Å². The number of carbonyl (C=O) groups is 1. The zero-order chi connectivity index (χ0) is 13.7. The van der Waals surface area contributed by atoms with Crippen LogP contribution in [-0.2, 0) is 16.1 Å². The third kappa shape index (κ3) is 3.68. The molecule has 1 fully saturated rings. The van der Waals surface area contributed by atoms with Crippen LogP contribution in [0.1, 0.15) is 12.0 Å². The normalized spacial score (nSPS) is 19.6. The Hall–Kier alpha value is -1.59. The van der Waals surface area contributed by atoms with Gasteiger partial charge in [0.2, 0.25) is 5.91 Å². The highest BCUT2D eigenvalue weighted by Crippen LogP contribution is 2.17. The molecule has 5 nitrogen and oxygen atoms in total. The van der Waals surface area contributed by atoms with Crippen molar-refractivity contribution in [2.75, 3.05) is 26.8 Å². The van der Waals surface area contributed by atoms with E-state index in [1.807, 2.05) is 29.2 Å². The fraction of sp³-hybridized carbons (Fsp3) is 0.500. The van der Waals surface area contributed by atoms with E-state index >= 15 is 0 Å². The Bertz CT molecular complexity index is 436. The molecule has 1 saturated heterocycles. The lowest BCUT2D eigenvalue weighted by molar-refractivity contribution is -0.149. The molecule has 19 heavy (non-hydrogen) atoms. The van der Waals surface area contributed by atoms with E-state index in [9.17, 15) is 4.79 Å². The predicted molar refractivity (Wildman–Crippen MR) is 71.8 cm³/mol. The highest BCUT2D eigenvalue weighted by Gasteiger charge is 2.25. The molecule has 1 unspecified atom stereocenters. The maximum Gasteiger partial charge on any atom is 0.248 e. The Morgan fingerprint density at radius 3 is 3.11 bits per heavy atom. The molecule has 0 radical (unpaired) electrons. The number of methoxy groups -OCH3 is 1. The molecule has 0 saturated carbocycles. The number of ether oxygens (including phenoxy) is 2. The number of hydrogen-bond acceptors (Lipinski definition) is 4. The van der Waals surface area contributed by atoms with E-state index in [0.717, 1.165) is 17.7 Å². The second kappa shape index (κ2) is 6.54. The molecular formula is C14H20N2O3. The summed E-state index contributed by atoms with van der Waals surface area (Å²) in [7, 11) is 1.64. The zero-order valence-corrected chi connectivity index (χ0v) is 11.2. The molecule has 2 rings (SSSR count). The van der Waals surface area contributed by atoms with Gasteiger partial charge in [-0.1, -0.05) is 12.1 Å². The Labute approximate surface area is 113 Å². The van der Waals surface area contributed by atoms with Gasteiger partial charge in [0.15, 0.2) is 0 Å². The Morgan fingerprint density at radius 1 is 1.53 bits per heavy atom. The maximum atomic E-state index is 11.8. The van der Waals surface area contributed by atoms with Crippen molar-refractivity contribution in [3.8, 4) is 5.75 Å². The quantitative estimate of drug-likeness (QED) is 0.853. The fourth-order valence-electron chi connectivity index (χ4n) is 2.19. The molecule has 104 valence electrons. The minimum absolute atomic E-state index is 0.0242. The van der Waals surface area contributed by atoms with E-state index in [0.29, 0.717) is 19.6 Å². The third-order valence-corrected chi connectivity index (χ3v) is 3.22. The standard InChI is InChI=1S/C14H20N2O3/c1-18-12-4-2-3-11(7-12)8-16-9-13(5-6-15)19-10-14(16)17/h2-4,7,13H,5-6,8-10,15H2,1H3. The van der Waals surface area contributed by atoms with Crippen LogP contribution in [0.15, 0.2) is 24.3 Å². The van der Waals surface area contributed by atoms with Crippen molar-refractivity contribution in [1.29, 1.82) is 0 Å². The molecule has 0 aliphatic carbocycles. The Kier molecular flexibility index (Phi) is 4.76. The Balaban J connectivity index is 2.01. The molecule has 1 heterocycles. The summed E-state index contributed by atoms with van der Waals surface area (Å²) in [6.45, 7) is 1.91. The molecule has 5 heteroatoms. The first-order valence-corrected chi connectivity index (χ1v) is 6.45. The summed E-state index contributed by atoms with van der Waals surface area (Å²) >= 11 is 0. The smallest absolute Gasteiger partial charge is 0.248 e. The number of morpholine rings is 1. The van der Waals surface area contributed by atoms with Crippen molar-refractivity contribution < 1.29 is 14.3 Å². The van der Waals surface area contributed by atoms with E-state index in [-0.39, 0.29) is 18.6 Å². The Morgan fingerprint density at radius 2 is 2.37 bits per heavy atom. The van der Waals surface area contributed by atoms with E-state index in [1.165, 1.54) is 0 Å². The molecule has 1 aliphatic rings. The van der Waals surface area contributed by atoms with Crippen molar-refractivity contribution in [2.24, 2.45) is 5.73 Å². The molecular weight excluding hydrogens is 244 g/mol. The minimum atomic E-state index is 0.0242. The monoisotopic (exact) mass is 264 g/mol.